The second-order valence-electron chi connectivity index (χ2n) is 9.46. The Morgan fingerprint density at radius 3 is 2.23 bits per heavy atom. The first kappa shape index (κ1) is 21.9. The van der Waals surface area contributed by atoms with Gasteiger partial charge in [0.05, 0.1) is 0 Å². The first-order valence-electron chi connectivity index (χ1n) is 12.0. The molecule has 0 radical (unpaired) electrons. The first-order valence-corrected chi connectivity index (χ1v) is 12.0. The molecule has 31 heavy (non-hydrogen) atoms. The molecule has 4 nitrogen and oxygen atoms in total. The first-order chi connectivity index (χ1) is 15.1. The van der Waals surface area contributed by atoms with Crippen LogP contribution in [0.3, 0.4) is 0 Å². The molecule has 166 valence electrons. The fraction of sp³-hybridized carbons (Fsp3) is 0.519. The Hall–Kier alpha value is -2.33. The number of carbonyl (C=O) groups excluding carboxylic acids is 1. The van der Waals surface area contributed by atoms with Crippen LogP contribution in [0.15, 0.2) is 48.5 Å². The second-order valence-corrected chi connectivity index (χ2v) is 9.46. The number of rotatable bonds is 6. The van der Waals surface area contributed by atoms with E-state index in [4.69, 9.17) is 0 Å². The fourth-order valence-electron chi connectivity index (χ4n) is 5.18. The number of nitrogens with zero attached hydrogens (tertiary/aromatic N) is 2. The van der Waals surface area contributed by atoms with Crippen molar-refractivity contribution in [3.8, 4) is 0 Å². The quantitative estimate of drug-likeness (QED) is 0.663. The molecule has 1 aliphatic carbocycles. The van der Waals surface area contributed by atoms with Crippen LogP contribution in [0.5, 0.6) is 0 Å². The van der Waals surface area contributed by atoms with Crippen LogP contribution in [0, 0.1) is 0 Å². The molecule has 0 bridgehead atoms. The van der Waals surface area contributed by atoms with Crippen molar-refractivity contribution in [1.29, 1.82) is 0 Å². The summed E-state index contributed by atoms with van der Waals surface area (Å²) < 4.78 is 0. The summed E-state index contributed by atoms with van der Waals surface area (Å²) in [6, 6.07) is 17.6. The predicted octanol–water partition coefficient (Wildman–Crippen LogP) is 5.59. The van der Waals surface area contributed by atoms with Gasteiger partial charge in [-0.05, 0) is 88.0 Å². The molecule has 2 aliphatic rings. The van der Waals surface area contributed by atoms with E-state index in [-0.39, 0.29) is 11.9 Å². The zero-order valence-electron chi connectivity index (χ0n) is 19.3. The Labute approximate surface area is 187 Å². The Balaban J connectivity index is 1.48. The maximum Gasteiger partial charge on any atom is 0.258 e. The van der Waals surface area contributed by atoms with E-state index >= 15 is 0 Å². The van der Waals surface area contributed by atoms with E-state index in [0.29, 0.717) is 12.0 Å². The van der Waals surface area contributed by atoms with Crippen LogP contribution in [0.25, 0.3) is 0 Å². The molecular weight excluding hydrogens is 382 g/mol. The number of benzene rings is 2. The molecule has 1 atom stereocenters. The van der Waals surface area contributed by atoms with Gasteiger partial charge in [0, 0.05) is 42.1 Å². The number of hydrogen-bond donors (Lipinski definition) is 1. The van der Waals surface area contributed by atoms with Crippen molar-refractivity contribution in [2.24, 2.45) is 0 Å². The van der Waals surface area contributed by atoms with E-state index in [1.165, 1.54) is 49.8 Å². The Morgan fingerprint density at radius 2 is 1.65 bits per heavy atom. The summed E-state index contributed by atoms with van der Waals surface area (Å²) >= 11 is 0. The number of hydrogen-bond acceptors (Lipinski definition) is 3. The molecule has 1 saturated carbocycles. The average Bonchev–Trinajstić information content (AvgIpc) is 3.29. The van der Waals surface area contributed by atoms with Gasteiger partial charge in [0.25, 0.3) is 5.91 Å². The maximum atomic E-state index is 13.4. The molecule has 0 aromatic heterocycles. The highest BCUT2D eigenvalue weighted by molar-refractivity contribution is 6.06. The van der Waals surface area contributed by atoms with Crippen molar-refractivity contribution in [3.63, 3.8) is 0 Å². The predicted molar refractivity (Wildman–Crippen MR) is 130 cm³/mol. The van der Waals surface area contributed by atoms with E-state index in [0.717, 1.165) is 24.3 Å². The Bertz CT molecular complexity index is 853. The summed E-state index contributed by atoms with van der Waals surface area (Å²) in [5.41, 5.74) is 4.36. The van der Waals surface area contributed by atoms with Crippen LogP contribution in [0.1, 0.15) is 74.2 Å². The molecule has 2 fully saturated rings. The normalized spacial score (nSPS) is 19.7. The summed E-state index contributed by atoms with van der Waals surface area (Å²) in [6.07, 6.45) is 7.76. The number of anilines is 2. The summed E-state index contributed by atoms with van der Waals surface area (Å²) in [6.45, 7) is 6.28. The lowest BCUT2D eigenvalue weighted by Crippen LogP contribution is -2.37. The molecule has 4 rings (SSSR count). The summed E-state index contributed by atoms with van der Waals surface area (Å²) in [5.74, 6) is 0.745. The highest BCUT2D eigenvalue weighted by Crippen LogP contribution is 2.33. The van der Waals surface area contributed by atoms with E-state index in [1.54, 1.807) is 0 Å². The van der Waals surface area contributed by atoms with Gasteiger partial charge >= 0.3 is 0 Å². The number of likely N-dealkylation sites (N-methyl/N-ethyl adjacent to an activating group) is 1. The molecule has 1 heterocycles. The third kappa shape index (κ3) is 4.95. The van der Waals surface area contributed by atoms with Crippen molar-refractivity contribution in [2.75, 3.05) is 29.9 Å². The molecular formula is C27H37N3O. The highest BCUT2D eigenvalue weighted by atomic mass is 16.2. The fourth-order valence-corrected chi connectivity index (χ4v) is 5.18. The second kappa shape index (κ2) is 9.86. The SMILES string of the molecule is CNC1CCN(c2ccc(N(C(=O)c3ccc(C4CCCCC4)cc3)C(C)C)cc2)C1. The van der Waals surface area contributed by atoms with Crippen LogP contribution in [0.4, 0.5) is 11.4 Å². The Kier molecular flexibility index (Phi) is 6.96. The molecule has 0 spiro atoms. The van der Waals surface area contributed by atoms with E-state index < -0.39 is 0 Å². The average molecular weight is 420 g/mol. The minimum Gasteiger partial charge on any atom is -0.370 e. The van der Waals surface area contributed by atoms with Crippen LogP contribution in [0.2, 0.25) is 0 Å². The topological polar surface area (TPSA) is 35.6 Å². The van der Waals surface area contributed by atoms with Gasteiger partial charge in [0.15, 0.2) is 0 Å². The van der Waals surface area contributed by atoms with Gasteiger partial charge < -0.3 is 15.1 Å². The lowest BCUT2D eigenvalue weighted by atomic mass is 9.84. The van der Waals surface area contributed by atoms with Crippen molar-refractivity contribution in [3.05, 3.63) is 59.7 Å². The lowest BCUT2D eigenvalue weighted by molar-refractivity contribution is 0.0980. The van der Waals surface area contributed by atoms with Gasteiger partial charge in [-0.3, -0.25) is 4.79 Å². The van der Waals surface area contributed by atoms with Crippen LogP contribution in [-0.2, 0) is 0 Å². The molecule has 1 N–H and O–H groups in total. The molecule has 4 heteroatoms. The van der Waals surface area contributed by atoms with Gasteiger partial charge in [-0.25, -0.2) is 0 Å². The largest absolute Gasteiger partial charge is 0.370 e. The van der Waals surface area contributed by atoms with Gasteiger partial charge in [-0.2, -0.15) is 0 Å². The molecule has 2 aromatic carbocycles. The molecule has 1 saturated heterocycles. The van der Waals surface area contributed by atoms with Crippen molar-refractivity contribution in [1.82, 2.24) is 5.32 Å². The smallest absolute Gasteiger partial charge is 0.258 e. The zero-order valence-corrected chi connectivity index (χ0v) is 19.3. The number of amides is 1. The third-order valence-electron chi connectivity index (χ3n) is 7.06. The zero-order chi connectivity index (χ0) is 21.8. The highest BCUT2D eigenvalue weighted by Gasteiger charge is 2.24. The molecule has 1 unspecified atom stereocenters. The van der Waals surface area contributed by atoms with Crippen LogP contribution in [-0.4, -0.2) is 38.1 Å². The van der Waals surface area contributed by atoms with Gasteiger partial charge in [-0.1, -0.05) is 31.4 Å². The van der Waals surface area contributed by atoms with E-state index in [1.807, 2.05) is 24.1 Å². The summed E-state index contributed by atoms with van der Waals surface area (Å²) in [5, 5.41) is 3.37. The summed E-state index contributed by atoms with van der Waals surface area (Å²) in [7, 11) is 2.03. The van der Waals surface area contributed by atoms with Crippen molar-refractivity contribution in [2.45, 2.75) is 70.4 Å². The van der Waals surface area contributed by atoms with Crippen molar-refractivity contribution >= 4 is 17.3 Å². The maximum absolute atomic E-state index is 13.4. The lowest BCUT2D eigenvalue weighted by Gasteiger charge is -2.28. The van der Waals surface area contributed by atoms with Crippen LogP contribution >= 0.6 is 0 Å². The Morgan fingerprint density at radius 1 is 0.968 bits per heavy atom. The molecule has 1 aliphatic heterocycles. The van der Waals surface area contributed by atoms with E-state index in [9.17, 15) is 4.79 Å². The van der Waals surface area contributed by atoms with Crippen LogP contribution < -0.4 is 15.1 Å². The molecule has 2 aromatic rings. The third-order valence-corrected chi connectivity index (χ3v) is 7.06. The van der Waals surface area contributed by atoms with Gasteiger partial charge in [-0.15, -0.1) is 0 Å². The monoisotopic (exact) mass is 419 g/mol. The minimum absolute atomic E-state index is 0.0781. The van der Waals surface area contributed by atoms with Crippen molar-refractivity contribution < 1.29 is 4.79 Å². The van der Waals surface area contributed by atoms with Gasteiger partial charge in [0.2, 0.25) is 0 Å². The summed E-state index contributed by atoms with van der Waals surface area (Å²) in [4.78, 5) is 17.7. The molecule has 1 amide bonds. The number of nitrogens with one attached hydrogen (secondary N) is 1. The van der Waals surface area contributed by atoms with Gasteiger partial charge in [0.1, 0.15) is 0 Å². The minimum atomic E-state index is 0.0781. The number of carbonyl (C=O) groups is 1. The standard InChI is InChI=1S/C27H37N3O/c1-20(2)30(26-15-13-25(14-16-26)29-18-17-24(19-29)28-3)27(31)23-11-9-22(10-12-23)21-7-5-4-6-8-21/h9-16,20-21,24,28H,4-8,17-19H2,1-3H3. The van der Waals surface area contributed by atoms with E-state index in [2.05, 4.69) is 60.5 Å².